The molecule has 0 atom stereocenters. The molecule has 29 heavy (non-hydrogen) atoms. The number of aryl methyl sites for hydroxylation is 1. The molecule has 6 nitrogen and oxygen atoms in total. The molecule has 1 aliphatic carbocycles. The van der Waals surface area contributed by atoms with Crippen molar-refractivity contribution in [2.75, 3.05) is 5.75 Å². The molecule has 1 aromatic carbocycles. The number of carbonyl (C=O) groups excluding carboxylic acids is 1. The van der Waals surface area contributed by atoms with Crippen molar-refractivity contribution in [3.05, 3.63) is 53.6 Å². The third kappa shape index (κ3) is 4.19. The van der Waals surface area contributed by atoms with Crippen LogP contribution >= 0.6 is 11.8 Å². The van der Waals surface area contributed by atoms with Crippen molar-refractivity contribution >= 4 is 17.5 Å². The topological polar surface area (TPSA) is 61.9 Å². The third-order valence-corrected chi connectivity index (χ3v) is 5.82. The molecule has 2 heterocycles. The number of rotatable bonds is 8. The number of carbonyl (C=O) groups is 1. The molecule has 2 aromatic heterocycles. The summed E-state index contributed by atoms with van der Waals surface area (Å²) in [5.74, 6) is 0.382. The Morgan fingerprint density at radius 2 is 2.00 bits per heavy atom. The first-order valence-electron chi connectivity index (χ1n) is 9.23. The molecular formula is C20H20F2N4O2S. The maximum absolute atomic E-state index is 12.8. The number of benzene rings is 1. The third-order valence-electron chi connectivity index (χ3n) is 4.86. The highest BCUT2D eigenvalue weighted by Gasteiger charge is 2.27. The number of halogens is 2. The van der Waals surface area contributed by atoms with Crippen LogP contribution in [0.2, 0.25) is 0 Å². The number of alkyl halides is 2. The Morgan fingerprint density at radius 3 is 2.66 bits per heavy atom. The Hall–Kier alpha value is -2.68. The molecule has 0 spiro atoms. The van der Waals surface area contributed by atoms with Gasteiger partial charge in [-0.1, -0.05) is 11.8 Å². The van der Waals surface area contributed by atoms with Crippen LogP contribution in [0.3, 0.4) is 0 Å². The molecule has 0 amide bonds. The lowest BCUT2D eigenvalue weighted by Crippen LogP contribution is -2.07. The summed E-state index contributed by atoms with van der Waals surface area (Å²) in [4.78, 5) is 12.8. The minimum absolute atomic E-state index is 0.0114. The van der Waals surface area contributed by atoms with Gasteiger partial charge in [-0.15, -0.1) is 10.2 Å². The molecule has 4 rings (SSSR count). The van der Waals surface area contributed by atoms with Crippen LogP contribution in [0.4, 0.5) is 8.78 Å². The van der Waals surface area contributed by atoms with Gasteiger partial charge in [0.15, 0.2) is 10.9 Å². The number of hydrogen-bond donors (Lipinski definition) is 0. The zero-order valence-corrected chi connectivity index (χ0v) is 16.8. The number of Topliss-reactive ketones (excluding diaryl/α,β-unsaturated/α-hetero) is 1. The van der Waals surface area contributed by atoms with Crippen molar-refractivity contribution in [1.29, 1.82) is 0 Å². The molecule has 152 valence electrons. The number of aromatic nitrogens is 4. The first-order valence-corrected chi connectivity index (χ1v) is 10.2. The van der Waals surface area contributed by atoms with Crippen molar-refractivity contribution in [2.24, 2.45) is 0 Å². The Balaban J connectivity index is 1.50. The Morgan fingerprint density at radius 1 is 1.28 bits per heavy atom. The second kappa shape index (κ2) is 7.98. The van der Waals surface area contributed by atoms with Crippen LogP contribution in [0.15, 0.2) is 41.8 Å². The zero-order valence-electron chi connectivity index (χ0n) is 16.0. The SMILES string of the molecule is Cc1cc(C(=O)CSc2nncn2C2CC2)c(C)n1-c1ccc(OC(F)F)cc1. The lowest BCUT2D eigenvalue weighted by molar-refractivity contribution is -0.0498. The van der Waals surface area contributed by atoms with E-state index in [4.69, 9.17) is 0 Å². The molecular weight excluding hydrogens is 398 g/mol. The summed E-state index contributed by atoms with van der Waals surface area (Å²) in [5.41, 5.74) is 3.11. The van der Waals surface area contributed by atoms with Gasteiger partial charge in [-0.25, -0.2) is 0 Å². The molecule has 0 aliphatic heterocycles. The molecule has 1 saturated carbocycles. The van der Waals surface area contributed by atoms with Crippen LogP contribution < -0.4 is 4.74 Å². The second-order valence-corrected chi connectivity index (χ2v) is 7.90. The van der Waals surface area contributed by atoms with Crippen molar-refractivity contribution < 1.29 is 18.3 Å². The van der Waals surface area contributed by atoms with Crippen molar-refractivity contribution in [2.45, 2.75) is 44.5 Å². The fourth-order valence-electron chi connectivity index (χ4n) is 3.37. The highest BCUT2D eigenvalue weighted by atomic mass is 32.2. The minimum atomic E-state index is -2.86. The van der Waals surface area contributed by atoms with Crippen molar-refractivity contribution in [3.63, 3.8) is 0 Å². The maximum atomic E-state index is 12.8. The van der Waals surface area contributed by atoms with E-state index in [0.29, 0.717) is 11.6 Å². The normalized spacial score (nSPS) is 13.8. The molecule has 3 aromatic rings. The first kappa shape index (κ1) is 19.6. The fourth-order valence-corrected chi connectivity index (χ4v) is 4.23. The van der Waals surface area contributed by atoms with Crippen LogP contribution in [0.5, 0.6) is 5.75 Å². The monoisotopic (exact) mass is 418 g/mol. The van der Waals surface area contributed by atoms with E-state index < -0.39 is 6.61 Å². The predicted molar refractivity (Wildman–Crippen MR) is 105 cm³/mol. The number of thioether (sulfide) groups is 1. The molecule has 0 saturated heterocycles. The van der Waals surface area contributed by atoms with Crippen LogP contribution in [0.1, 0.15) is 40.6 Å². The molecule has 1 aliphatic rings. The predicted octanol–water partition coefficient (Wildman–Crippen LogP) is 4.60. The van der Waals surface area contributed by atoms with Gasteiger partial charge >= 0.3 is 6.61 Å². The summed E-state index contributed by atoms with van der Waals surface area (Å²) in [5, 5.41) is 8.84. The largest absolute Gasteiger partial charge is 0.435 e. The van der Waals surface area contributed by atoms with Gasteiger partial charge in [-0.2, -0.15) is 8.78 Å². The van der Waals surface area contributed by atoms with E-state index in [0.717, 1.165) is 35.1 Å². The van der Waals surface area contributed by atoms with Crippen molar-refractivity contribution in [1.82, 2.24) is 19.3 Å². The average molecular weight is 418 g/mol. The van der Waals surface area contributed by atoms with E-state index in [-0.39, 0.29) is 17.3 Å². The van der Waals surface area contributed by atoms with Gasteiger partial charge in [0, 0.05) is 28.7 Å². The maximum Gasteiger partial charge on any atom is 0.387 e. The number of nitrogens with zero attached hydrogens (tertiary/aromatic N) is 4. The molecule has 0 bridgehead atoms. The number of ether oxygens (including phenoxy) is 1. The molecule has 0 unspecified atom stereocenters. The van der Waals surface area contributed by atoms with E-state index in [1.807, 2.05) is 29.0 Å². The van der Waals surface area contributed by atoms with Gasteiger partial charge in [0.05, 0.1) is 5.75 Å². The van der Waals surface area contributed by atoms with E-state index in [2.05, 4.69) is 14.9 Å². The summed E-state index contributed by atoms with van der Waals surface area (Å²) < 4.78 is 33.0. The average Bonchev–Trinajstić information content (AvgIpc) is 3.34. The summed E-state index contributed by atoms with van der Waals surface area (Å²) in [7, 11) is 0. The van der Waals surface area contributed by atoms with Crippen LogP contribution in [-0.2, 0) is 0 Å². The van der Waals surface area contributed by atoms with Gasteiger partial charge in [0.1, 0.15) is 12.1 Å². The summed E-state index contributed by atoms with van der Waals surface area (Å²) in [6, 6.07) is 8.68. The van der Waals surface area contributed by atoms with Crippen LogP contribution in [-0.4, -0.2) is 37.5 Å². The molecule has 9 heteroatoms. The Labute approximate surface area is 170 Å². The summed E-state index contributed by atoms with van der Waals surface area (Å²) in [6.07, 6.45) is 3.97. The highest BCUT2D eigenvalue weighted by Crippen LogP contribution is 2.37. The van der Waals surface area contributed by atoms with E-state index in [9.17, 15) is 13.6 Å². The second-order valence-electron chi connectivity index (χ2n) is 6.96. The van der Waals surface area contributed by atoms with Gasteiger partial charge in [0.25, 0.3) is 0 Å². The quantitative estimate of drug-likeness (QED) is 0.395. The number of ketones is 1. The van der Waals surface area contributed by atoms with Crippen LogP contribution in [0, 0.1) is 13.8 Å². The van der Waals surface area contributed by atoms with Crippen LogP contribution in [0.25, 0.3) is 5.69 Å². The van der Waals surface area contributed by atoms with Gasteiger partial charge < -0.3 is 13.9 Å². The van der Waals surface area contributed by atoms with Crippen molar-refractivity contribution in [3.8, 4) is 11.4 Å². The number of hydrogen-bond acceptors (Lipinski definition) is 5. The molecule has 0 radical (unpaired) electrons. The van der Waals surface area contributed by atoms with Gasteiger partial charge in [0.2, 0.25) is 0 Å². The highest BCUT2D eigenvalue weighted by molar-refractivity contribution is 7.99. The van der Waals surface area contributed by atoms with Gasteiger partial charge in [-0.05, 0) is 57.0 Å². The van der Waals surface area contributed by atoms with E-state index in [1.54, 1.807) is 18.5 Å². The Kier molecular flexibility index (Phi) is 5.40. The van der Waals surface area contributed by atoms with E-state index in [1.165, 1.54) is 23.9 Å². The summed E-state index contributed by atoms with van der Waals surface area (Å²) >= 11 is 1.40. The van der Waals surface area contributed by atoms with Gasteiger partial charge in [-0.3, -0.25) is 4.79 Å². The van der Waals surface area contributed by atoms with E-state index >= 15 is 0 Å². The first-order chi connectivity index (χ1) is 13.9. The lowest BCUT2D eigenvalue weighted by atomic mass is 10.2. The fraction of sp³-hybridized carbons (Fsp3) is 0.350. The lowest BCUT2D eigenvalue weighted by Gasteiger charge is -2.11. The zero-order chi connectivity index (χ0) is 20.5. The standard InChI is InChI=1S/C20H20F2N4O2S/c1-12-9-17(18(27)10-29-20-24-23-11-25(20)14-3-4-14)13(2)26(12)15-5-7-16(8-6-15)28-19(21)22/h5-9,11,14,19H,3-4,10H2,1-2H3. The molecule has 1 fully saturated rings. The smallest absolute Gasteiger partial charge is 0.387 e. The minimum Gasteiger partial charge on any atom is -0.435 e. The summed E-state index contributed by atoms with van der Waals surface area (Å²) in [6.45, 7) is 0.925. The molecule has 0 N–H and O–H groups in total. The Bertz CT molecular complexity index is 1030.